The number of rotatable bonds is 5. The molecule has 2 heterocycles. The molecule has 8 heteroatoms. The number of hydrogen-bond donors (Lipinski definition) is 3. The molecule has 3 fully saturated rings. The number of amides is 1. The molecule has 2 saturated heterocycles. The maximum Gasteiger partial charge on any atom is 0.309 e. The quantitative estimate of drug-likeness (QED) is 0.588. The first-order chi connectivity index (χ1) is 13.4. The van der Waals surface area contributed by atoms with Gasteiger partial charge in [-0.15, -0.1) is 11.6 Å². The molecule has 3 N–H and O–H groups in total. The van der Waals surface area contributed by atoms with E-state index < -0.39 is 11.9 Å². The van der Waals surface area contributed by atoms with Gasteiger partial charge in [0.05, 0.1) is 12.1 Å². The number of alkyl halides is 1. The van der Waals surface area contributed by atoms with E-state index in [1.807, 2.05) is 6.92 Å². The van der Waals surface area contributed by atoms with Gasteiger partial charge in [-0.1, -0.05) is 13.8 Å². The Bertz CT molecular complexity index is 556. The first-order valence-corrected chi connectivity index (χ1v) is 11.2. The highest BCUT2D eigenvalue weighted by molar-refractivity contribution is 6.20. The topological polar surface area (TPSA) is 84.9 Å². The van der Waals surface area contributed by atoms with Gasteiger partial charge in [-0.25, -0.2) is 0 Å². The molecule has 0 bridgehead atoms. The van der Waals surface area contributed by atoms with Crippen molar-refractivity contribution in [2.24, 2.45) is 11.8 Å². The fourth-order valence-corrected chi connectivity index (χ4v) is 5.40. The lowest BCUT2D eigenvalue weighted by Crippen LogP contribution is -2.65. The summed E-state index contributed by atoms with van der Waals surface area (Å²) in [6, 6.07) is 0.427. The van der Waals surface area contributed by atoms with Crippen LogP contribution in [0.1, 0.15) is 46.0 Å². The minimum atomic E-state index is -0.790. The molecule has 0 aromatic heterocycles. The predicted octanol–water partition coefficient (Wildman–Crippen LogP) is 1.32. The van der Waals surface area contributed by atoms with E-state index in [1.165, 1.54) is 6.42 Å². The Labute approximate surface area is 173 Å². The van der Waals surface area contributed by atoms with Crippen molar-refractivity contribution < 1.29 is 14.7 Å². The van der Waals surface area contributed by atoms with Gasteiger partial charge in [0.25, 0.3) is 0 Å². The van der Waals surface area contributed by atoms with E-state index in [4.69, 9.17) is 11.6 Å². The molecule has 0 radical (unpaired) electrons. The summed E-state index contributed by atoms with van der Waals surface area (Å²) >= 11 is 6.42. The third kappa shape index (κ3) is 5.17. The number of aliphatic carboxylic acids is 1. The Morgan fingerprint density at radius 1 is 1.14 bits per heavy atom. The molecule has 3 aliphatic rings. The van der Waals surface area contributed by atoms with E-state index >= 15 is 0 Å². The SMILES string of the molecule is CCC(=O)NC1CNC(N2CCN(C3CC(Cl)CCC3C)CC2)C(C(=O)O)C1. The smallest absolute Gasteiger partial charge is 0.309 e. The normalized spacial score (nSPS) is 38.1. The van der Waals surface area contributed by atoms with Crippen LogP contribution < -0.4 is 10.6 Å². The molecule has 0 spiro atoms. The molecule has 3 rings (SSSR count). The zero-order chi connectivity index (χ0) is 20.3. The largest absolute Gasteiger partial charge is 0.481 e. The van der Waals surface area contributed by atoms with E-state index in [9.17, 15) is 14.7 Å². The Balaban J connectivity index is 1.55. The summed E-state index contributed by atoms with van der Waals surface area (Å²) in [4.78, 5) is 28.4. The second-order valence-corrected chi connectivity index (χ2v) is 9.30. The number of carbonyl (C=O) groups is 2. The number of nitrogens with one attached hydrogen (secondary N) is 2. The molecule has 1 amide bonds. The average Bonchev–Trinajstić information content (AvgIpc) is 2.70. The fraction of sp³-hybridized carbons (Fsp3) is 0.900. The molecule has 28 heavy (non-hydrogen) atoms. The first kappa shape index (κ1) is 21.8. The molecule has 1 aliphatic carbocycles. The average molecular weight is 415 g/mol. The van der Waals surface area contributed by atoms with Crippen molar-refractivity contribution in [2.45, 2.75) is 69.6 Å². The number of piperazine rings is 1. The first-order valence-electron chi connectivity index (χ1n) is 10.8. The lowest BCUT2D eigenvalue weighted by molar-refractivity contribution is -0.147. The van der Waals surface area contributed by atoms with Crippen molar-refractivity contribution in [1.29, 1.82) is 0 Å². The van der Waals surface area contributed by atoms with Crippen LogP contribution in [-0.4, -0.2) is 83.1 Å². The van der Waals surface area contributed by atoms with Crippen LogP contribution in [0.25, 0.3) is 0 Å². The molecule has 1 saturated carbocycles. The minimum absolute atomic E-state index is 0.0257. The second kappa shape index (κ2) is 9.74. The van der Waals surface area contributed by atoms with Gasteiger partial charge in [0.1, 0.15) is 0 Å². The lowest BCUT2D eigenvalue weighted by atomic mass is 9.84. The number of nitrogens with zero attached hydrogens (tertiary/aromatic N) is 2. The van der Waals surface area contributed by atoms with E-state index in [0.717, 1.165) is 39.0 Å². The molecule has 6 atom stereocenters. The third-order valence-electron chi connectivity index (χ3n) is 6.80. The summed E-state index contributed by atoms with van der Waals surface area (Å²) in [7, 11) is 0. The van der Waals surface area contributed by atoms with Gasteiger partial charge in [0, 0.05) is 56.6 Å². The number of halogens is 1. The van der Waals surface area contributed by atoms with Crippen molar-refractivity contribution >= 4 is 23.5 Å². The zero-order valence-corrected chi connectivity index (χ0v) is 17.8. The van der Waals surface area contributed by atoms with Gasteiger partial charge >= 0.3 is 5.97 Å². The standard InChI is InChI=1S/C20H35ClN4O3/c1-3-18(26)23-15-11-16(20(27)28)19(22-12-15)25-8-6-24(7-9-25)17-10-14(21)5-4-13(17)2/h13-17,19,22H,3-12H2,1-2H3,(H,23,26)(H,27,28). The Morgan fingerprint density at radius 2 is 1.82 bits per heavy atom. The van der Waals surface area contributed by atoms with Crippen LogP contribution in [0.15, 0.2) is 0 Å². The molecule has 7 nitrogen and oxygen atoms in total. The number of hydrogen-bond acceptors (Lipinski definition) is 5. The van der Waals surface area contributed by atoms with Crippen molar-refractivity contribution in [3.8, 4) is 0 Å². The lowest BCUT2D eigenvalue weighted by Gasteiger charge is -2.48. The van der Waals surface area contributed by atoms with Crippen LogP contribution in [0.3, 0.4) is 0 Å². The number of carboxylic acids is 1. The number of carboxylic acid groups (broad SMARTS) is 1. The zero-order valence-electron chi connectivity index (χ0n) is 17.1. The molecular formula is C20H35ClN4O3. The summed E-state index contributed by atoms with van der Waals surface area (Å²) in [5.74, 6) is -0.657. The van der Waals surface area contributed by atoms with E-state index in [-0.39, 0.29) is 23.5 Å². The van der Waals surface area contributed by atoms with Crippen LogP contribution >= 0.6 is 11.6 Å². The van der Waals surface area contributed by atoms with Crippen LogP contribution in [0, 0.1) is 11.8 Å². The predicted molar refractivity (Wildman–Crippen MR) is 109 cm³/mol. The van der Waals surface area contributed by atoms with Gasteiger partial charge in [0.15, 0.2) is 0 Å². The van der Waals surface area contributed by atoms with E-state index in [2.05, 4.69) is 27.4 Å². The van der Waals surface area contributed by atoms with Gasteiger partial charge in [0.2, 0.25) is 5.91 Å². The van der Waals surface area contributed by atoms with Crippen molar-refractivity contribution in [2.75, 3.05) is 32.7 Å². The maximum absolute atomic E-state index is 11.9. The number of piperidine rings is 1. The Kier molecular flexibility index (Phi) is 7.59. The molecule has 2 aliphatic heterocycles. The molecular weight excluding hydrogens is 380 g/mol. The van der Waals surface area contributed by atoms with Crippen LogP contribution in [0.5, 0.6) is 0 Å². The minimum Gasteiger partial charge on any atom is -0.481 e. The highest BCUT2D eigenvalue weighted by Gasteiger charge is 2.41. The van der Waals surface area contributed by atoms with Gasteiger partial charge in [-0.2, -0.15) is 0 Å². The molecule has 160 valence electrons. The molecule has 0 aromatic carbocycles. The van der Waals surface area contributed by atoms with Crippen LogP contribution in [0.4, 0.5) is 0 Å². The van der Waals surface area contributed by atoms with Gasteiger partial charge in [-0.05, 0) is 31.6 Å². The van der Waals surface area contributed by atoms with Crippen molar-refractivity contribution in [3.05, 3.63) is 0 Å². The third-order valence-corrected chi connectivity index (χ3v) is 7.19. The Hall–Kier alpha value is -0.890. The monoisotopic (exact) mass is 414 g/mol. The maximum atomic E-state index is 11.9. The summed E-state index contributed by atoms with van der Waals surface area (Å²) in [6.45, 7) is 8.40. The van der Waals surface area contributed by atoms with Gasteiger partial charge < -0.3 is 10.4 Å². The summed E-state index contributed by atoms with van der Waals surface area (Å²) in [6.07, 6.45) is 4.09. The summed E-state index contributed by atoms with van der Waals surface area (Å²) < 4.78 is 0. The van der Waals surface area contributed by atoms with Crippen molar-refractivity contribution in [3.63, 3.8) is 0 Å². The van der Waals surface area contributed by atoms with Crippen molar-refractivity contribution in [1.82, 2.24) is 20.4 Å². The van der Waals surface area contributed by atoms with Crippen LogP contribution in [0.2, 0.25) is 0 Å². The second-order valence-electron chi connectivity index (χ2n) is 8.68. The highest BCUT2D eigenvalue weighted by atomic mass is 35.5. The van der Waals surface area contributed by atoms with Gasteiger partial charge in [-0.3, -0.25) is 24.7 Å². The fourth-order valence-electron chi connectivity index (χ4n) is 5.09. The number of carbonyl (C=O) groups excluding carboxylic acids is 1. The Morgan fingerprint density at radius 3 is 2.46 bits per heavy atom. The van der Waals surface area contributed by atoms with E-state index in [0.29, 0.717) is 31.3 Å². The summed E-state index contributed by atoms with van der Waals surface area (Å²) in [5, 5.41) is 16.4. The summed E-state index contributed by atoms with van der Waals surface area (Å²) in [5.41, 5.74) is 0. The molecule has 6 unspecified atom stereocenters. The van der Waals surface area contributed by atoms with E-state index in [1.54, 1.807) is 0 Å². The highest BCUT2D eigenvalue weighted by Crippen LogP contribution is 2.32. The van der Waals surface area contributed by atoms with Crippen LogP contribution in [-0.2, 0) is 9.59 Å². The molecule has 0 aromatic rings.